The van der Waals surface area contributed by atoms with Gasteiger partial charge in [-0.2, -0.15) is 11.8 Å². The third-order valence-corrected chi connectivity index (χ3v) is 5.17. The molecule has 0 radical (unpaired) electrons. The molecular weight excluding hydrogens is 226 g/mol. The molecule has 1 fully saturated rings. The van der Waals surface area contributed by atoms with E-state index < -0.39 is 0 Å². The molecule has 0 N–H and O–H groups in total. The third-order valence-electron chi connectivity index (χ3n) is 2.68. The number of aldehydes is 1. The van der Waals surface area contributed by atoms with E-state index >= 15 is 0 Å². The molecular formula is C11H15NOS2. The molecule has 2 nitrogen and oxygen atoms in total. The maximum Gasteiger partial charge on any atom is 0.161 e. The Labute approximate surface area is 98.5 Å². The van der Waals surface area contributed by atoms with Crippen LogP contribution in [0.5, 0.6) is 0 Å². The fourth-order valence-electron chi connectivity index (χ4n) is 1.87. The Hall–Kier alpha value is -0.350. The Balaban J connectivity index is 1.79. The molecule has 0 unspecified atom stereocenters. The van der Waals surface area contributed by atoms with Crippen molar-refractivity contribution in [1.82, 2.24) is 4.98 Å². The Morgan fingerprint density at radius 1 is 1.47 bits per heavy atom. The summed E-state index contributed by atoms with van der Waals surface area (Å²) in [5.41, 5.74) is 0. The molecule has 0 spiro atoms. The number of thiazole rings is 1. The summed E-state index contributed by atoms with van der Waals surface area (Å²) < 4.78 is 0. The number of carbonyl (C=O) groups excluding carboxylic acids is 1. The zero-order valence-corrected chi connectivity index (χ0v) is 10.3. The van der Waals surface area contributed by atoms with Gasteiger partial charge in [-0.15, -0.1) is 11.3 Å². The maximum atomic E-state index is 10.5. The Morgan fingerprint density at radius 3 is 2.93 bits per heavy atom. The van der Waals surface area contributed by atoms with E-state index in [0.717, 1.165) is 27.2 Å². The molecule has 1 aromatic rings. The van der Waals surface area contributed by atoms with Crippen LogP contribution in [0.4, 0.5) is 0 Å². The minimum atomic E-state index is 0.745. The molecule has 0 atom stereocenters. The van der Waals surface area contributed by atoms with Crippen molar-refractivity contribution in [1.29, 1.82) is 0 Å². The number of hydrogen-bond acceptors (Lipinski definition) is 4. The molecule has 4 heteroatoms. The average Bonchev–Trinajstić information content (AvgIpc) is 2.76. The van der Waals surface area contributed by atoms with Crippen LogP contribution in [0.1, 0.15) is 46.8 Å². The largest absolute Gasteiger partial charge is 0.297 e. The maximum absolute atomic E-state index is 10.5. The summed E-state index contributed by atoms with van der Waals surface area (Å²) in [4.78, 5) is 15.5. The van der Waals surface area contributed by atoms with E-state index in [1.807, 2.05) is 11.8 Å². The Kier molecular flexibility index (Phi) is 4.20. The number of nitrogens with zero attached hydrogens (tertiary/aromatic N) is 1. The standard InChI is InChI=1S/C11H15NOS2/c13-7-10-6-12-11(15-10)8-14-9-4-2-1-3-5-9/h6-7,9H,1-5,8H2. The van der Waals surface area contributed by atoms with E-state index in [-0.39, 0.29) is 0 Å². The van der Waals surface area contributed by atoms with Gasteiger partial charge in [-0.3, -0.25) is 4.79 Å². The second-order valence-corrected chi connectivity index (χ2v) is 6.28. The quantitative estimate of drug-likeness (QED) is 0.755. The molecule has 0 amide bonds. The van der Waals surface area contributed by atoms with Crippen molar-refractivity contribution < 1.29 is 4.79 Å². The predicted octanol–water partition coefficient (Wildman–Crippen LogP) is 3.52. The zero-order chi connectivity index (χ0) is 10.5. The SMILES string of the molecule is O=Cc1cnc(CSC2CCCCC2)s1. The highest BCUT2D eigenvalue weighted by Gasteiger charge is 2.14. The minimum Gasteiger partial charge on any atom is -0.297 e. The molecule has 2 rings (SSSR count). The van der Waals surface area contributed by atoms with Crippen molar-refractivity contribution in [3.8, 4) is 0 Å². The number of rotatable bonds is 4. The van der Waals surface area contributed by atoms with Crippen LogP contribution in [-0.2, 0) is 5.75 Å². The number of aromatic nitrogens is 1. The molecule has 0 bridgehead atoms. The van der Waals surface area contributed by atoms with Gasteiger partial charge < -0.3 is 0 Å². The average molecular weight is 241 g/mol. The first-order valence-electron chi connectivity index (χ1n) is 5.40. The smallest absolute Gasteiger partial charge is 0.161 e. The fourth-order valence-corrected chi connectivity index (χ4v) is 3.96. The van der Waals surface area contributed by atoms with E-state index in [1.165, 1.54) is 43.4 Å². The normalized spacial score (nSPS) is 17.9. The van der Waals surface area contributed by atoms with Gasteiger partial charge in [0.1, 0.15) is 5.01 Å². The van der Waals surface area contributed by atoms with Gasteiger partial charge in [0.15, 0.2) is 6.29 Å². The summed E-state index contributed by atoms with van der Waals surface area (Å²) in [6, 6.07) is 0. The van der Waals surface area contributed by atoms with E-state index in [4.69, 9.17) is 0 Å². The van der Waals surface area contributed by atoms with Gasteiger partial charge in [-0.25, -0.2) is 4.98 Å². The summed E-state index contributed by atoms with van der Waals surface area (Å²) in [5.74, 6) is 0.975. The van der Waals surface area contributed by atoms with Crippen LogP contribution in [0.2, 0.25) is 0 Å². The van der Waals surface area contributed by atoms with Crippen LogP contribution in [0, 0.1) is 0 Å². The van der Waals surface area contributed by atoms with Gasteiger partial charge in [0.05, 0.1) is 4.88 Å². The lowest BCUT2D eigenvalue weighted by Gasteiger charge is -2.20. The monoisotopic (exact) mass is 241 g/mol. The molecule has 1 aromatic heterocycles. The second-order valence-electron chi connectivity index (χ2n) is 3.85. The van der Waals surface area contributed by atoms with Gasteiger partial charge in [0.25, 0.3) is 0 Å². The van der Waals surface area contributed by atoms with E-state index in [1.54, 1.807) is 6.20 Å². The second kappa shape index (κ2) is 5.66. The van der Waals surface area contributed by atoms with Crippen molar-refractivity contribution in [2.24, 2.45) is 0 Å². The van der Waals surface area contributed by atoms with Crippen molar-refractivity contribution in [2.75, 3.05) is 0 Å². The van der Waals surface area contributed by atoms with Crippen LogP contribution in [0.15, 0.2) is 6.20 Å². The van der Waals surface area contributed by atoms with Crippen LogP contribution in [0.3, 0.4) is 0 Å². The highest BCUT2D eigenvalue weighted by Crippen LogP contribution is 2.31. The van der Waals surface area contributed by atoms with Gasteiger partial charge in [-0.05, 0) is 12.8 Å². The Morgan fingerprint density at radius 2 is 2.27 bits per heavy atom. The first-order valence-corrected chi connectivity index (χ1v) is 7.26. The van der Waals surface area contributed by atoms with Crippen molar-refractivity contribution in [3.63, 3.8) is 0 Å². The molecule has 1 heterocycles. The Bertz CT molecular complexity index is 318. The zero-order valence-electron chi connectivity index (χ0n) is 8.65. The molecule has 0 aliphatic heterocycles. The molecule has 0 saturated heterocycles. The minimum absolute atomic E-state index is 0.745. The van der Waals surface area contributed by atoms with Crippen molar-refractivity contribution >= 4 is 29.4 Å². The van der Waals surface area contributed by atoms with E-state index in [0.29, 0.717) is 0 Å². The lowest BCUT2D eigenvalue weighted by molar-refractivity contribution is 0.112. The van der Waals surface area contributed by atoms with E-state index in [9.17, 15) is 4.79 Å². The first-order chi connectivity index (χ1) is 7.38. The fraction of sp³-hybridized carbons (Fsp3) is 0.636. The predicted molar refractivity (Wildman–Crippen MR) is 65.7 cm³/mol. The van der Waals surface area contributed by atoms with Crippen molar-refractivity contribution in [2.45, 2.75) is 43.1 Å². The van der Waals surface area contributed by atoms with Gasteiger partial charge in [-0.1, -0.05) is 19.3 Å². The summed E-state index contributed by atoms with van der Waals surface area (Å²) >= 11 is 3.53. The number of carbonyl (C=O) groups is 1. The number of thioether (sulfide) groups is 1. The molecule has 1 aliphatic rings. The molecule has 15 heavy (non-hydrogen) atoms. The molecule has 0 aromatic carbocycles. The third kappa shape index (κ3) is 3.31. The van der Waals surface area contributed by atoms with Crippen LogP contribution in [0.25, 0.3) is 0 Å². The first kappa shape index (κ1) is 11.1. The summed E-state index contributed by atoms with van der Waals surface area (Å²) in [6.45, 7) is 0. The topological polar surface area (TPSA) is 30.0 Å². The van der Waals surface area contributed by atoms with Gasteiger partial charge in [0, 0.05) is 17.2 Å². The molecule has 82 valence electrons. The van der Waals surface area contributed by atoms with Crippen molar-refractivity contribution in [3.05, 3.63) is 16.1 Å². The lowest BCUT2D eigenvalue weighted by Crippen LogP contribution is -2.07. The van der Waals surface area contributed by atoms with Crippen LogP contribution >= 0.6 is 23.1 Å². The van der Waals surface area contributed by atoms with Gasteiger partial charge in [0.2, 0.25) is 0 Å². The van der Waals surface area contributed by atoms with E-state index in [2.05, 4.69) is 4.98 Å². The summed E-state index contributed by atoms with van der Waals surface area (Å²) in [5, 5.41) is 1.91. The summed E-state index contributed by atoms with van der Waals surface area (Å²) in [6.07, 6.45) is 9.45. The number of hydrogen-bond donors (Lipinski definition) is 0. The van der Waals surface area contributed by atoms with Gasteiger partial charge >= 0.3 is 0 Å². The van der Waals surface area contributed by atoms with Crippen LogP contribution in [-0.4, -0.2) is 16.5 Å². The molecule has 1 aliphatic carbocycles. The highest BCUT2D eigenvalue weighted by atomic mass is 32.2. The highest BCUT2D eigenvalue weighted by molar-refractivity contribution is 7.99. The molecule has 1 saturated carbocycles. The summed E-state index contributed by atoms with van der Waals surface area (Å²) in [7, 11) is 0. The van der Waals surface area contributed by atoms with Crippen LogP contribution < -0.4 is 0 Å². The lowest BCUT2D eigenvalue weighted by atomic mass is 10.0.